The molecule has 1 heterocycles. The molecule has 0 fully saturated rings. The smallest absolute Gasteiger partial charge is 0.251 e. The number of hydrogen-bond acceptors (Lipinski definition) is 2. The van der Waals surface area contributed by atoms with Crippen LogP contribution >= 0.6 is 27.5 Å². The number of benzene rings is 1. The van der Waals surface area contributed by atoms with Crippen LogP contribution in [-0.2, 0) is 13.5 Å². The van der Waals surface area contributed by atoms with Crippen molar-refractivity contribution in [2.75, 3.05) is 6.54 Å². The first-order chi connectivity index (χ1) is 9.08. The SMILES string of the molecule is Cn1ccnc1CCNC(=O)c1ccc(Cl)c(Br)c1. The van der Waals surface area contributed by atoms with E-state index in [4.69, 9.17) is 11.6 Å². The molecular weight excluding hydrogens is 330 g/mol. The van der Waals surface area contributed by atoms with Crippen molar-refractivity contribution >= 4 is 33.4 Å². The Bertz CT molecular complexity index is 597. The number of aryl methyl sites for hydroxylation is 1. The van der Waals surface area contributed by atoms with Crippen molar-refractivity contribution in [2.45, 2.75) is 6.42 Å². The van der Waals surface area contributed by atoms with Crippen LogP contribution in [-0.4, -0.2) is 22.0 Å². The molecule has 0 saturated carbocycles. The first kappa shape index (κ1) is 14.1. The summed E-state index contributed by atoms with van der Waals surface area (Å²) in [6.07, 6.45) is 4.32. The van der Waals surface area contributed by atoms with E-state index in [1.165, 1.54) is 0 Å². The number of carbonyl (C=O) groups is 1. The maximum absolute atomic E-state index is 11.9. The van der Waals surface area contributed by atoms with E-state index in [2.05, 4.69) is 26.2 Å². The minimum atomic E-state index is -0.119. The molecule has 2 rings (SSSR count). The first-order valence-electron chi connectivity index (χ1n) is 5.77. The van der Waals surface area contributed by atoms with Gasteiger partial charge in [0.2, 0.25) is 0 Å². The van der Waals surface area contributed by atoms with Crippen molar-refractivity contribution in [1.82, 2.24) is 14.9 Å². The number of nitrogens with one attached hydrogen (secondary N) is 1. The molecule has 4 nitrogen and oxygen atoms in total. The molecule has 1 aromatic carbocycles. The summed E-state index contributed by atoms with van der Waals surface area (Å²) in [5.41, 5.74) is 0.580. The van der Waals surface area contributed by atoms with E-state index >= 15 is 0 Å². The Hall–Kier alpha value is -1.33. The molecule has 2 aromatic rings. The van der Waals surface area contributed by atoms with Crippen LogP contribution in [0.3, 0.4) is 0 Å². The van der Waals surface area contributed by atoms with Gasteiger partial charge in [0.15, 0.2) is 0 Å². The molecule has 1 aromatic heterocycles. The third kappa shape index (κ3) is 3.58. The lowest BCUT2D eigenvalue weighted by Gasteiger charge is -2.06. The predicted molar refractivity (Wildman–Crippen MR) is 78.4 cm³/mol. The summed E-state index contributed by atoms with van der Waals surface area (Å²) < 4.78 is 2.65. The summed E-state index contributed by atoms with van der Waals surface area (Å²) in [7, 11) is 1.93. The molecule has 0 aliphatic carbocycles. The number of carbonyl (C=O) groups excluding carboxylic acids is 1. The van der Waals surface area contributed by atoms with E-state index in [9.17, 15) is 4.79 Å². The van der Waals surface area contributed by atoms with Gasteiger partial charge in [-0.1, -0.05) is 11.6 Å². The lowest BCUT2D eigenvalue weighted by atomic mass is 10.2. The van der Waals surface area contributed by atoms with E-state index in [0.717, 1.165) is 5.82 Å². The number of hydrogen-bond donors (Lipinski definition) is 1. The second-order valence-electron chi connectivity index (χ2n) is 4.09. The largest absolute Gasteiger partial charge is 0.352 e. The summed E-state index contributed by atoms with van der Waals surface area (Å²) in [5, 5.41) is 3.44. The van der Waals surface area contributed by atoms with Crippen LogP contribution in [0.2, 0.25) is 5.02 Å². The number of rotatable bonds is 4. The molecule has 6 heteroatoms. The molecule has 0 unspecified atom stereocenters. The van der Waals surface area contributed by atoms with Gasteiger partial charge in [-0.15, -0.1) is 0 Å². The van der Waals surface area contributed by atoms with Gasteiger partial charge in [0.25, 0.3) is 5.91 Å². The van der Waals surface area contributed by atoms with Gasteiger partial charge in [0.05, 0.1) is 5.02 Å². The van der Waals surface area contributed by atoms with Crippen LogP contribution in [0.15, 0.2) is 35.1 Å². The highest BCUT2D eigenvalue weighted by molar-refractivity contribution is 9.10. The summed E-state index contributed by atoms with van der Waals surface area (Å²) in [6, 6.07) is 5.10. The van der Waals surface area contributed by atoms with E-state index in [1.54, 1.807) is 24.4 Å². The summed E-state index contributed by atoms with van der Waals surface area (Å²) in [5.74, 6) is 0.823. The van der Waals surface area contributed by atoms with Crippen molar-refractivity contribution < 1.29 is 4.79 Å². The lowest BCUT2D eigenvalue weighted by Crippen LogP contribution is -2.26. The Labute approximate surface area is 124 Å². The zero-order chi connectivity index (χ0) is 13.8. The van der Waals surface area contributed by atoms with E-state index in [1.807, 2.05) is 17.8 Å². The van der Waals surface area contributed by atoms with Gasteiger partial charge in [-0.05, 0) is 34.1 Å². The summed E-state index contributed by atoms with van der Waals surface area (Å²) in [4.78, 5) is 16.1. The maximum Gasteiger partial charge on any atom is 0.251 e. The van der Waals surface area contributed by atoms with E-state index < -0.39 is 0 Å². The van der Waals surface area contributed by atoms with Gasteiger partial charge in [0.1, 0.15) is 5.82 Å². The molecule has 1 N–H and O–H groups in total. The van der Waals surface area contributed by atoms with Crippen molar-refractivity contribution in [2.24, 2.45) is 7.05 Å². The monoisotopic (exact) mass is 341 g/mol. The lowest BCUT2D eigenvalue weighted by molar-refractivity contribution is 0.0954. The number of halogens is 2. The third-order valence-electron chi connectivity index (χ3n) is 2.74. The van der Waals surface area contributed by atoms with Crippen LogP contribution in [0.5, 0.6) is 0 Å². The Morgan fingerprint density at radius 2 is 2.32 bits per heavy atom. The summed E-state index contributed by atoms with van der Waals surface area (Å²) in [6.45, 7) is 0.546. The van der Waals surface area contributed by atoms with Crippen molar-refractivity contribution in [3.8, 4) is 0 Å². The third-order valence-corrected chi connectivity index (χ3v) is 3.95. The molecule has 0 aliphatic heterocycles. The van der Waals surface area contributed by atoms with Gasteiger partial charge >= 0.3 is 0 Å². The quantitative estimate of drug-likeness (QED) is 0.929. The van der Waals surface area contributed by atoms with E-state index in [0.29, 0.717) is 28.0 Å². The molecule has 100 valence electrons. The average molecular weight is 343 g/mol. The van der Waals surface area contributed by atoms with Gasteiger partial charge in [-0.25, -0.2) is 4.98 Å². The fraction of sp³-hybridized carbons (Fsp3) is 0.231. The molecule has 19 heavy (non-hydrogen) atoms. The number of nitrogens with zero attached hydrogens (tertiary/aromatic N) is 2. The van der Waals surface area contributed by atoms with Crippen molar-refractivity contribution in [3.63, 3.8) is 0 Å². The average Bonchev–Trinajstić information content (AvgIpc) is 2.78. The minimum absolute atomic E-state index is 0.119. The van der Waals surface area contributed by atoms with Gasteiger partial charge in [-0.3, -0.25) is 4.79 Å². The van der Waals surface area contributed by atoms with Crippen molar-refractivity contribution in [1.29, 1.82) is 0 Å². The van der Waals surface area contributed by atoms with Crippen LogP contribution in [0, 0.1) is 0 Å². The number of amides is 1. The molecule has 0 spiro atoms. The predicted octanol–water partition coefficient (Wildman–Crippen LogP) is 2.81. The highest BCUT2D eigenvalue weighted by atomic mass is 79.9. The van der Waals surface area contributed by atoms with E-state index in [-0.39, 0.29) is 5.91 Å². The van der Waals surface area contributed by atoms with Crippen LogP contribution in [0.1, 0.15) is 16.2 Å². The second kappa shape index (κ2) is 6.21. The van der Waals surface area contributed by atoms with Crippen LogP contribution in [0.25, 0.3) is 0 Å². The van der Waals surface area contributed by atoms with Crippen molar-refractivity contribution in [3.05, 3.63) is 51.5 Å². The molecule has 1 amide bonds. The normalized spacial score (nSPS) is 10.5. The Balaban J connectivity index is 1.91. The second-order valence-corrected chi connectivity index (χ2v) is 5.35. The number of imidazole rings is 1. The minimum Gasteiger partial charge on any atom is -0.352 e. The fourth-order valence-corrected chi connectivity index (χ4v) is 2.16. The topological polar surface area (TPSA) is 46.9 Å². The molecule has 0 bridgehead atoms. The molecule has 0 radical (unpaired) electrons. The Kier molecular flexibility index (Phi) is 4.61. The van der Waals surface area contributed by atoms with Crippen LogP contribution < -0.4 is 5.32 Å². The van der Waals surface area contributed by atoms with Gasteiger partial charge < -0.3 is 9.88 Å². The Morgan fingerprint density at radius 1 is 1.53 bits per heavy atom. The summed E-state index contributed by atoms with van der Waals surface area (Å²) >= 11 is 9.18. The highest BCUT2D eigenvalue weighted by Gasteiger charge is 2.08. The zero-order valence-corrected chi connectivity index (χ0v) is 12.7. The maximum atomic E-state index is 11.9. The highest BCUT2D eigenvalue weighted by Crippen LogP contribution is 2.23. The zero-order valence-electron chi connectivity index (χ0n) is 10.4. The molecule has 0 atom stereocenters. The van der Waals surface area contributed by atoms with Gasteiger partial charge in [-0.2, -0.15) is 0 Å². The number of aromatic nitrogens is 2. The van der Waals surface area contributed by atoms with Crippen LogP contribution in [0.4, 0.5) is 0 Å². The first-order valence-corrected chi connectivity index (χ1v) is 6.94. The van der Waals surface area contributed by atoms with Gasteiger partial charge in [0, 0.05) is 42.4 Å². The molecule has 0 saturated heterocycles. The standard InChI is InChI=1S/C13H13BrClN3O/c1-18-7-6-16-12(18)4-5-17-13(19)9-2-3-11(15)10(14)8-9/h2-3,6-8H,4-5H2,1H3,(H,17,19). The molecule has 0 aliphatic rings. The molecular formula is C13H13BrClN3O. The fourth-order valence-electron chi connectivity index (χ4n) is 1.66. The Morgan fingerprint density at radius 3 is 2.95 bits per heavy atom.